The summed E-state index contributed by atoms with van der Waals surface area (Å²) in [4.78, 5) is 12.0. The van der Waals surface area contributed by atoms with Crippen molar-refractivity contribution in [2.75, 3.05) is 6.61 Å². The molecule has 3 N–H and O–H groups in total. The highest BCUT2D eigenvalue weighted by Crippen LogP contribution is 2.37. The van der Waals surface area contributed by atoms with Gasteiger partial charge in [0.05, 0.1) is 19.1 Å². The molecular weight excluding hydrogens is 254 g/mol. The van der Waals surface area contributed by atoms with Gasteiger partial charge in [-0.3, -0.25) is 4.79 Å². The van der Waals surface area contributed by atoms with Gasteiger partial charge in [-0.1, -0.05) is 43.7 Å². The van der Waals surface area contributed by atoms with Crippen molar-refractivity contribution in [3.8, 4) is 0 Å². The van der Waals surface area contributed by atoms with Crippen LogP contribution in [0.3, 0.4) is 0 Å². The van der Waals surface area contributed by atoms with E-state index in [4.69, 9.17) is 0 Å². The Bertz CT molecular complexity index is 448. The Morgan fingerprint density at radius 3 is 2.80 bits per heavy atom. The Labute approximate surface area is 119 Å². The van der Waals surface area contributed by atoms with E-state index in [-0.39, 0.29) is 30.4 Å². The van der Waals surface area contributed by atoms with Gasteiger partial charge in [0.2, 0.25) is 5.91 Å². The largest absolute Gasteiger partial charge is 0.396 e. The van der Waals surface area contributed by atoms with Crippen molar-refractivity contribution >= 4 is 5.91 Å². The lowest BCUT2D eigenvalue weighted by molar-refractivity contribution is -0.124. The fourth-order valence-corrected chi connectivity index (χ4v) is 2.89. The summed E-state index contributed by atoms with van der Waals surface area (Å²) < 4.78 is 0. The molecule has 0 heterocycles. The third kappa shape index (κ3) is 3.38. The lowest BCUT2D eigenvalue weighted by atomic mass is 9.85. The van der Waals surface area contributed by atoms with Gasteiger partial charge in [-0.25, -0.2) is 0 Å². The number of hydrogen-bond donors (Lipinski definition) is 3. The first-order chi connectivity index (χ1) is 9.55. The van der Waals surface area contributed by atoms with Crippen LogP contribution in [-0.4, -0.2) is 28.8 Å². The predicted molar refractivity (Wildman–Crippen MR) is 77.0 cm³/mol. The fourth-order valence-electron chi connectivity index (χ4n) is 2.89. The Balaban J connectivity index is 1.90. The van der Waals surface area contributed by atoms with E-state index in [2.05, 4.69) is 5.32 Å². The van der Waals surface area contributed by atoms with E-state index in [9.17, 15) is 15.0 Å². The van der Waals surface area contributed by atoms with Crippen molar-refractivity contribution in [2.24, 2.45) is 5.41 Å². The second kappa shape index (κ2) is 6.37. The summed E-state index contributed by atoms with van der Waals surface area (Å²) >= 11 is 0. The van der Waals surface area contributed by atoms with E-state index in [1.807, 2.05) is 37.3 Å². The zero-order chi connectivity index (χ0) is 14.6. The average Bonchev–Trinajstić information content (AvgIpc) is 2.81. The van der Waals surface area contributed by atoms with Gasteiger partial charge in [-0.15, -0.1) is 0 Å². The minimum absolute atomic E-state index is 0.00275. The molecule has 1 aliphatic rings. The van der Waals surface area contributed by atoms with Gasteiger partial charge in [0.1, 0.15) is 0 Å². The Hall–Kier alpha value is -1.39. The molecule has 3 unspecified atom stereocenters. The fraction of sp³-hybridized carbons (Fsp3) is 0.562. The molecule has 4 nitrogen and oxygen atoms in total. The molecule has 1 aromatic carbocycles. The average molecular weight is 277 g/mol. The number of hydrogen-bond acceptors (Lipinski definition) is 3. The molecule has 1 amide bonds. The highest BCUT2D eigenvalue weighted by atomic mass is 16.3. The lowest BCUT2D eigenvalue weighted by Gasteiger charge is -2.30. The molecule has 2 rings (SSSR count). The number of aliphatic hydroxyl groups is 2. The molecule has 1 fully saturated rings. The first-order valence-corrected chi connectivity index (χ1v) is 7.18. The van der Waals surface area contributed by atoms with E-state index < -0.39 is 6.10 Å². The SMILES string of the molecule is CC1(CO)CCCC1NC(=O)CC(O)c1ccccc1. The number of carbonyl (C=O) groups is 1. The molecule has 0 bridgehead atoms. The van der Waals surface area contributed by atoms with E-state index in [0.29, 0.717) is 0 Å². The van der Waals surface area contributed by atoms with Crippen molar-refractivity contribution in [1.82, 2.24) is 5.32 Å². The highest BCUT2D eigenvalue weighted by Gasteiger charge is 2.39. The van der Waals surface area contributed by atoms with Crippen LogP contribution in [0.5, 0.6) is 0 Å². The quantitative estimate of drug-likeness (QED) is 0.768. The Morgan fingerprint density at radius 2 is 2.15 bits per heavy atom. The second-order valence-corrected chi connectivity index (χ2v) is 5.96. The Morgan fingerprint density at radius 1 is 1.45 bits per heavy atom. The van der Waals surface area contributed by atoms with Crippen molar-refractivity contribution in [3.05, 3.63) is 35.9 Å². The van der Waals surface area contributed by atoms with E-state index in [1.165, 1.54) is 0 Å². The maximum absolute atomic E-state index is 12.0. The molecule has 0 spiro atoms. The molecule has 0 radical (unpaired) electrons. The first kappa shape index (κ1) is 15.0. The molecule has 3 atom stereocenters. The third-order valence-corrected chi connectivity index (χ3v) is 4.34. The summed E-state index contributed by atoms with van der Waals surface area (Å²) in [5, 5.41) is 22.5. The third-order valence-electron chi connectivity index (χ3n) is 4.34. The molecule has 4 heteroatoms. The topological polar surface area (TPSA) is 69.6 Å². The summed E-state index contributed by atoms with van der Waals surface area (Å²) in [5.41, 5.74) is 0.520. The number of benzene rings is 1. The van der Waals surface area contributed by atoms with Crippen LogP contribution >= 0.6 is 0 Å². The zero-order valence-corrected chi connectivity index (χ0v) is 11.9. The maximum atomic E-state index is 12.0. The normalized spacial score (nSPS) is 27.2. The van der Waals surface area contributed by atoms with Gasteiger partial charge in [-0.05, 0) is 18.4 Å². The summed E-state index contributed by atoms with van der Waals surface area (Å²) in [6, 6.07) is 9.19. The standard InChI is InChI=1S/C16H23NO3/c1-16(11-18)9-5-8-14(16)17-15(20)10-13(19)12-6-3-2-4-7-12/h2-4,6-7,13-14,18-19H,5,8-11H2,1H3,(H,17,20). The number of carbonyl (C=O) groups excluding carboxylic acids is 1. The van der Waals surface area contributed by atoms with Gasteiger partial charge >= 0.3 is 0 Å². The van der Waals surface area contributed by atoms with Crippen LogP contribution in [0.1, 0.15) is 44.3 Å². The van der Waals surface area contributed by atoms with E-state index >= 15 is 0 Å². The number of rotatable bonds is 5. The number of nitrogens with one attached hydrogen (secondary N) is 1. The van der Waals surface area contributed by atoms with E-state index in [0.717, 1.165) is 24.8 Å². The molecular formula is C16H23NO3. The molecule has 0 saturated heterocycles. The summed E-state index contributed by atoms with van der Waals surface area (Å²) in [6.45, 7) is 2.08. The number of aliphatic hydroxyl groups excluding tert-OH is 2. The molecule has 110 valence electrons. The van der Waals surface area contributed by atoms with Gasteiger partial charge in [0.15, 0.2) is 0 Å². The molecule has 0 aromatic heterocycles. The van der Waals surface area contributed by atoms with Crippen molar-refractivity contribution in [1.29, 1.82) is 0 Å². The van der Waals surface area contributed by atoms with Crippen LogP contribution in [0.25, 0.3) is 0 Å². The minimum atomic E-state index is -0.780. The van der Waals surface area contributed by atoms with Gasteiger partial charge in [0, 0.05) is 11.5 Å². The van der Waals surface area contributed by atoms with Crippen molar-refractivity contribution in [2.45, 2.75) is 44.8 Å². The zero-order valence-electron chi connectivity index (χ0n) is 11.9. The smallest absolute Gasteiger partial charge is 0.223 e. The second-order valence-electron chi connectivity index (χ2n) is 5.96. The highest BCUT2D eigenvalue weighted by molar-refractivity contribution is 5.77. The first-order valence-electron chi connectivity index (χ1n) is 7.18. The molecule has 1 aromatic rings. The Kier molecular flexibility index (Phi) is 4.78. The van der Waals surface area contributed by atoms with Crippen molar-refractivity contribution in [3.63, 3.8) is 0 Å². The van der Waals surface area contributed by atoms with Crippen molar-refractivity contribution < 1.29 is 15.0 Å². The molecule has 1 aliphatic carbocycles. The molecule has 1 saturated carbocycles. The maximum Gasteiger partial charge on any atom is 0.223 e. The van der Waals surface area contributed by atoms with E-state index in [1.54, 1.807) is 0 Å². The molecule has 20 heavy (non-hydrogen) atoms. The predicted octanol–water partition coefficient (Wildman–Crippen LogP) is 1.78. The van der Waals surface area contributed by atoms with Crippen LogP contribution in [0.4, 0.5) is 0 Å². The lowest BCUT2D eigenvalue weighted by Crippen LogP contribution is -2.45. The van der Waals surface area contributed by atoms with Crippen LogP contribution < -0.4 is 5.32 Å². The van der Waals surface area contributed by atoms with Gasteiger partial charge in [-0.2, -0.15) is 0 Å². The minimum Gasteiger partial charge on any atom is -0.396 e. The molecule has 0 aliphatic heterocycles. The summed E-state index contributed by atoms with van der Waals surface area (Å²) in [5.74, 6) is -0.159. The summed E-state index contributed by atoms with van der Waals surface area (Å²) in [6.07, 6.45) is 2.11. The van der Waals surface area contributed by atoms with Crippen LogP contribution in [-0.2, 0) is 4.79 Å². The summed E-state index contributed by atoms with van der Waals surface area (Å²) in [7, 11) is 0. The van der Waals surface area contributed by atoms with Crippen LogP contribution in [0.2, 0.25) is 0 Å². The van der Waals surface area contributed by atoms with Crippen LogP contribution in [0, 0.1) is 5.41 Å². The van der Waals surface area contributed by atoms with Crippen LogP contribution in [0.15, 0.2) is 30.3 Å². The van der Waals surface area contributed by atoms with Gasteiger partial charge in [0.25, 0.3) is 0 Å². The monoisotopic (exact) mass is 277 g/mol. The number of amides is 1. The van der Waals surface area contributed by atoms with Gasteiger partial charge < -0.3 is 15.5 Å².